The van der Waals surface area contributed by atoms with E-state index >= 15 is 0 Å². The molecule has 150 valence electrons. The van der Waals surface area contributed by atoms with Crippen molar-refractivity contribution in [3.63, 3.8) is 0 Å². The van der Waals surface area contributed by atoms with Gasteiger partial charge in [0.05, 0.1) is 16.2 Å². The third-order valence-electron chi connectivity index (χ3n) is 3.85. The van der Waals surface area contributed by atoms with Crippen LogP contribution in [-0.2, 0) is 15.8 Å². The number of rotatable bonds is 4. The fourth-order valence-electron chi connectivity index (χ4n) is 2.52. The van der Waals surface area contributed by atoms with Crippen molar-refractivity contribution in [3.8, 4) is 0 Å². The standard InChI is InChI=1S/C19H12F4N2O2S2/c20-12-7-5-11(6-8-12)9-15-17(27)25(18(28)29-15)10-16(26)24-14-4-2-1-3-13(14)19(21,22)23/h1-9H,10H2,(H,24,26)/b15-9-. The van der Waals surface area contributed by atoms with Gasteiger partial charge in [-0.1, -0.05) is 48.2 Å². The van der Waals surface area contributed by atoms with Crippen molar-refractivity contribution in [2.75, 3.05) is 11.9 Å². The smallest absolute Gasteiger partial charge is 0.324 e. The van der Waals surface area contributed by atoms with E-state index in [0.717, 1.165) is 28.8 Å². The van der Waals surface area contributed by atoms with Crippen LogP contribution >= 0.6 is 24.0 Å². The molecule has 0 aliphatic carbocycles. The fraction of sp³-hybridized carbons (Fsp3) is 0.105. The Morgan fingerprint density at radius 3 is 2.45 bits per heavy atom. The number of carbonyl (C=O) groups excluding carboxylic acids is 2. The van der Waals surface area contributed by atoms with Crippen molar-refractivity contribution in [1.82, 2.24) is 4.90 Å². The number of thioether (sulfide) groups is 1. The lowest BCUT2D eigenvalue weighted by Gasteiger charge is -2.16. The third-order valence-corrected chi connectivity index (χ3v) is 5.23. The van der Waals surface area contributed by atoms with E-state index in [1.54, 1.807) is 0 Å². The van der Waals surface area contributed by atoms with Crippen LogP contribution in [0.5, 0.6) is 0 Å². The number of para-hydroxylation sites is 1. The molecule has 0 saturated carbocycles. The lowest BCUT2D eigenvalue weighted by molar-refractivity contribution is -0.137. The highest BCUT2D eigenvalue weighted by atomic mass is 32.2. The molecule has 2 amide bonds. The van der Waals surface area contributed by atoms with Crippen LogP contribution in [0.25, 0.3) is 6.08 Å². The summed E-state index contributed by atoms with van der Waals surface area (Å²) in [5, 5.41) is 2.17. The van der Waals surface area contributed by atoms with E-state index in [1.807, 2.05) is 0 Å². The molecule has 2 aromatic rings. The number of nitrogens with one attached hydrogen (secondary N) is 1. The van der Waals surface area contributed by atoms with Gasteiger partial charge in [-0.15, -0.1) is 0 Å². The van der Waals surface area contributed by atoms with Crippen LogP contribution in [0.15, 0.2) is 53.4 Å². The number of halogens is 4. The number of thiocarbonyl (C=S) groups is 1. The van der Waals surface area contributed by atoms with Gasteiger partial charge in [0.2, 0.25) is 5.91 Å². The van der Waals surface area contributed by atoms with Gasteiger partial charge in [-0.25, -0.2) is 4.39 Å². The molecular weight excluding hydrogens is 428 g/mol. The second-order valence-corrected chi connectivity index (χ2v) is 7.59. The Balaban J connectivity index is 1.72. The van der Waals surface area contributed by atoms with Gasteiger partial charge in [0.15, 0.2) is 0 Å². The van der Waals surface area contributed by atoms with Gasteiger partial charge < -0.3 is 5.32 Å². The van der Waals surface area contributed by atoms with E-state index in [9.17, 15) is 27.2 Å². The summed E-state index contributed by atoms with van der Waals surface area (Å²) in [7, 11) is 0. The summed E-state index contributed by atoms with van der Waals surface area (Å²) >= 11 is 6.06. The molecule has 0 atom stereocenters. The van der Waals surface area contributed by atoms with E-state index in [1.165, 1.54) is 42.5 Å². The molecule has 29 heavy (non-hydrogen) atoms. The second kappa shape index (κ2) is 8.34. The molecule has 1 aliphatic rings. The first-order valence-corrected chi connectivity index (χ1v) is 9.34. The van der Waals surface area contributed by atoms with Gasteiger partial charge in [-0.05, 0) is 35.9 Å². The fourth-order valence-corrected chi connectivity index (χ4v) is 3.77. The van der Waals surface area contributed by atoms with Crippen LogP contribution < -0.4 is 5.32 Å². The zero-order chi connectivity index (χ0) is 21.2. The topological polar surface area (TPSA) is 49.4 Å². The maximum absolute atomic E-state index is 13.0. The molecule has 0 radical (unpaired) electrons. The number of nitrogens with zero attached hydrogens (tertiary/aromatic N) is 1. The first-order valence-electron chi connectivity index (χ1n) is 8.12. The lowest BCUT2D eigenvalue weighted by Crippen LogP contribution is -2.36. The molecule has 1 saturated heterocycles. The Morgan fingerprint density at radius 2 is 1.79 bits per heavy atom. The summed E-state index contributed by atoms with van der Waals surface area (Å²) in [6.45, 7) is -0.530. The first-order chi connectivity index (χ1) is 13.6. The van der Waals surface area contributed by atoms with E-state index in [2.05, 4.69) is 5.32 Å². The number of hydrogen-bond acceptors (Lipinski definition) is 4. The Labute approximate surface area is 172 Å². The molecule has 1 fully saturated rings. The Kier molecular flexibility index (Phi) is 6.04. The van der Waals surface area contributed by atoms with Crippen molar-refractivity contribution in [2.24, 2.45) is 0 Å². The summed E-state index contributed by atoms with van der Waals surface area (Å²) in [6, 6.07) is 9.96. The Morgan fingerprint density at radius 1 is 1.14 bits per heavy atom. The van der Waals surface area contributed by atoms with Crippen molar-refractivity contribution in [2.45, 2.75) is 6.18 Å². The van der Waals surface area contributed by atoms with Crippen molar-refractivity contribution < 1.29 is 27.2 Å². The molecule has 3 rings (SSSR count). The molecule has 10 heteroatoms. The van der Waals surface area contributed by atoms with Crippen LogP contribution in [0.1, 0.15) is 11.1 Å². The highest BCUT2D eigenvalue weighted by Gasteiger charge is 2.35. The third kappa shape index (κ3) is 5.01. The summed E-state index contributed by atoms with van der Waals surface area (Å²) < 4.78 is 52.2. The molecule has 1 heterocycles. The number of alkyl halides is 3. The molecule has 0 unspecified atom stereocenters. The van der Waals surface area contributed by atoms with Crippen LogP contribution in [0.2, 0.25) is 0 Å². The molecule has 0 bridgehead atoms. The maximum atomic E-state index is 13.0. The predicted octanol–water partition coefficient (Wildman–Crippen LogP) is 4.68. The Bertz CT molecular complexity index is 1000. The molecule has 0 aromatic heterocycles. The van der Waals surface area contributed by atoms with Crippen LogP contribution in [-0.4, -0.2) is 27.6 Å². The minimum Gasteiger partial charge on any atom is -0.324 e. The summed E-state index contributed by atoms with van der Waals surface area (Å²) in [5.41, 5.74) is -0.831. The minimum absolute atomic E-state index is 0.0996. The number of anilines is 1. The number of hydrogen-bond donors (Lipinski definition) is 1. The highest BCUT2D eigenvalue weighted by Crippen LogP contribution is 2.35. The normalized spacial score (nSPS) is 15.9. The van der Waals surface area contributed by atoms with Crippen LogP contribution in [0, 0.1) is 5.82 Å². The number of benzene rings is 2. The van der Waals surface area contributed by atoms with Gasteiger partial charge in [0, 0.05) is 0 Å². The van der Waals surface area contributed by atoms with Crippen molar-refractivity contribution in [1.29, 1.82) is 0 Å². The zero-order valence-corrected chi connectivity index (χ0v) is 16.1. The average Bonchev–Trinajstić information content (AvgIpc) is 2.90. The summed E-state index contributed by atoms with van der Waals surface area (Å²) in [4.78, 5) is 26.0. The summed E-state index contributed by atoms with van der Waals surface area (Å²) in [6.07, 6.45) is -3.14. The molecule has 1 N–H and O–H groups in total. The van der Waals surface area contributed by atoms with Gasteiger partial charge in [0.1, 0.15) is 16.7 Å². The van der Waals surface area contributed by atoms with E-state index in [0.29, 0.717) is 5.56 Å². The monoisotopic (exact) mass is 440 g/mol. The molecule has 0 spiro atoms. The first kappa shape index (κ1) is 21.0. The van der Waals surface area contributed by atoms with E-state index in [-0.39, 0.29) is 9.23 Å². The van der Waals surface area contributed by atoms with Crippen molar-refractivity contribution >= 4 is 51.9 Å². The highest BCUT2D eigenvalue weighted by molar-refractivity contribution is 8.26. The predicted molar refractivity (Wildman–Crippen MR) is 106 cm³/mol. The zero-order valence-electron chi connectivity index (χ0n) is 14.5. The molecular formula is C19H12F4N2O2S2. The summed E-state index contributed by atoms with van der Waals surface area (Å²) in [5.74, 6) is -1.80. The minimum atomic E-state index is -4.64. The molecule has 1 aliphatic heterocycles. The average molecular weight is 440 g/mol. The van der Waals surface area contributed by atoms with E-state index in [4.69, 9.17) is 12.2 Å². The number of amides is 2. The van der Waals surface area contributed by atoms with Gasteiger partial charge in [-0.3, -0.25) is 14.5 Å². The largest absolute Gasteiger partial charge is 0.418 e. The van der Waals surface area contributed by atoms with Gasteiger partial charge in [0.25, 0.3) is 5.91 Å². The Hall–Kier alpha value is -2.72. The van der Waals surface area contributed by atoms with Crippen LogP contribution in [0.4, 0.5) is 23.2 Å². The maximum Gasteiger partial charge on any atom is 0.418 e. The molecule has 2 aromatic carbocycles. The SMILES string of the molecule is O=C(CN1C(=O)/C(=C/c2ccc(F)cc2)SC1=S)Nc1ccccc1C(F)(F)F. The van der Waals surface area contributed by atoms with E-state index < -0.39 is 41.6 Å². The number of carbonyl (C=O) groups is 2. The lowest BCUT2D eigenvalue weighted by atomic mass is 10.1. The molecule has 4 nitrogen and oxygen atoms in total. The van der Waals surface area contributed by atoms with Gasteiger partial charge in [-0.2, -0.15) is 13.2 Å². The van der Waals surface area contributed by atoms with Gasteiger partial charge >= 0.3 is 6.18 Å². The quantitative estimate of drug-likeness (QED) is 0.426. The van der Waals surface area contributed by atoms with Crippen LogP contribution in [0.3, 0.4) is 0 Å². The second-order valence-electron chi connectivity index (χ2n) is 5.91. The van der Waals surface area contributed by atoms with Crippen molar-refractivity contribution in [3.05, 3.63) is 70.4 Å².